The van der Waals surface area contributed by atoms with Crippen molar-refractivity contribution in [3.8, 4) is 6.07 Å². The number of rotatable bonds is 2. The van der Waals surface area contributed by atoms with Gasteiger partial charge < -0.3 is 11.1 Å². The zero-order chi connectivity index (χ0) is 13.1. The number of aromatic nitrogens is 1. The van der Waals surface area contributed by atoms with E-state index < -0.39 is 0 Å². The lowest BCUT2D eigenvalue weighted by Gasteiger charge is -2.11. The van der Waals surface area contributed by atoms with Crippen LogP contribution in [0.4, 0.5) is 17.2 Å². The molecule has 0 unspecified atom stereocenters. The lowest BCUT2D eigenvalue weighted by Crippen LogP contribution is -2.01. The molecule has 0 aliphatic heterocycles. The van der Waals surface area contributed by atoms with E-state index in [0.717, 1.165) is 5.56 Å². The number of benzene rings is 1. The third-order valence-electron chi connectivity index (χ3n) is 2.49. The highest BCUT2D eigenvalue weighted by Crippen LogP contribution is 2.28. The average molecular weight is 259 g/mol. The first-order valence-electron chi connectivity index (χ1n) is 5.29. The molecule has 0 fully saturated rings. The van der Waals surface area contributed by atoms with E-state index in [4.69, 9.17) is 22.6 Å². The van der Waals surface area contributed by atoms with Gasteiger partial charge in [-0.25, -0.2) is 4.98 Å². The summed E-state index contributed by atoms with van der Waals surface area (Å²) in [6, 6.07) is 9.18. The highest BCUT2D eigenvalue weighted by Gasteiger charge is 2.08. The quantitative estimate of drug-likeness (QED) is 0.867. The number of nitrogen functional groups attached to an aromatic ring is 1. The Morgan fingerprint density at radius 2 is 2.17 bits per heavy atom. The summed E-state index contributed by atoms with van der Waals surface area (Å²) < 4.78 is 0. The van der Waals surface area contributed by atoms with E-state index in [1.165, 1.54) is 6.20 Å². The number of nitrogens with one attached hydrogen (secondary N) is 1. The Balaban J connectivity index is 2.41. The number of aryl methyl sites for hydroxylation is 1. The van der Waals surface area contributed by atoms with Crippen molar-refractivity contribution in [1.29, 1.82) is 5.26 Å². The van der Waals surface area contributed by atoms with Crippen LogP contribution < -0.4 is 11.1 Å². The molecule has 0 saturated carbocycles. The van der Waals surface area contributed by atoms with Gasteiger partial charge in [0, 0.05) is 6.20 Å². The average Bonchev–Trinajstić information content (AvgIpc) is 2.36. The molecule has 90 valence electrons. The Hall–Kier alpha value is -2.25. The van der Waals surface area contributed by atoms with Crippen LogP contribution in [0.25, 0.3) is 0 Å². The second-order valence-corrected chi connectivity index (χ2v) is 4.25. The zero-order valence-corrected chi connectivity index (χ0v) is 10.5. The fourth-order valence-electron chi connectivity index (χ4n) is 1.53. The molecule has 1 aromatic carbocycles. The van der Waals surface area contributed by atoms with Gasteiger partial charge in [-0.1, -0.05) is 17.7 Å². The largest absolute Gasteiger partial charge is 0.395 e. The van der Waals surface area contributed by atoms with Crippen LogP contribution in [0, 0.1) is 18.3 Å². The second kappa shape index (κ2) is 4.94. The van der Waals surface area contributed by atoms with Crippen LogP contribution in [0.1, 0.15) is 11.1 Å². The molecule has 1 heterocycles. The summed E-state index contributed by atoms with van der Waals surface area (Å²) in [4.78, 5) is 4.11. The molecule has 0 radical (unpaired) electrons. The molecule has 5 heteroatoms. The van der Waals surface area contributed by atoms with Crippen LogP contribution in [-0.4, -0.2) is 4.98 Å². The number of anilines is 3. The Morgan fingerprint density at radius 3 is 2.89 bits per heavy atom. The van der Waals surface area contributed by atoms with Crippen LogP contribution in [0.2, 0.25) is 5.02 Å². The Labute approximate surface area is 110 Å². The number of nitrogens with zero attached hydrogens (tertiary/aromatic N) is 2. The third-order valence-corrected chi connectivity index (χ3v) is 2.82. The van der Waals surface area contributed by atoms with Gasteiger partial charge in [0.1, 0.15) is 6.07 Å². The van der Waals surface area contributed by atoms with E-state index in [1.54, 1.807) is 12.1 Å². The predicted octanol–water partition coefficient (Wildman–Crippen LogP) is 3.24. The van der Waals surface area contributed by atoms with Crippen molar-refractivity contribution in [2.45, 2.75) is 6.92 Å². The minimum Gasteiger partial charge on any atom is -0.395 e. The van der Waals surface area contributed by atoms with E-state index in [0.29, 0.717) is 27.8 Å². The summed E-state index contributed by atoms with van der Waals surface area (Å²) in [5.41, 5.74) is 8.32. The normalized spacial score (nSPS) is 9.83. The van der Waals surface area contributed by atoms with Crippen molar-refractivity contribution in [3.63, 3.8) is 0 Å². The molecule has 0 aliphatic rings. The summed E-state index contributed by atoms with van der Waals surface area (Å²) in [6.07, 6.45) is 1.53. The lowest BCUT2D eigenvalue weighted by atomic mass is 10.2. The molecular formula is C13H11ClN4. The van der Waals surface area contributed by atoms with Crippen molar-refractivity contribution in [3.05, 3.63) is 46.6 Å². The first kappa shape index (κ1) is 12.2. The van der Waals surface area contributed by atoms with E-state index in [-0.39, 0.29) is 0 Å². The first-order chi connectivity index (χ1) is 8.61. The summed E-state index contributed by atoms with van der Waals surface area (Å²) in [7, 11) is 0. The van der Waals surface area contributed by atoms with Gasteiger partial charge in [-0.3, -0.25) is 0 Å². The molecule has 3 N–H and O–H groups in total. The van der Waals surface area contributed by atoms with Crippen molar-refractivity contribution in [1.82, 2.24) is 4.98 Å². The van der Waals surface area contributed by atoms with E-state index in [9.17, 15) is 0 Å². The van der Waals surface area contributed by atoms with Crippen molar-refractivity contribution in [2.75, 3.05) is 11.1 Å². The van der Waals surface area contributed by atoms with E-state index in [2.05, 4.69) is 10.3 Å². The van der Waals surface area contributed by atoms with Gasteiger partial charge in [-0.2, -0.15) is 5.26 Å². The minimum absolute atomic E-state index is 0.317. The molecule has 0 spiro atoms. The van der Waals surface area contributed by atoms with Gasteiger partial charge in [0.15, 0.2) is 5.82 Å². The van der Waals surface area contributed by atoms with Crippen molar-refractivity contribution >= 4 is 28.8 Å². The molecule has 4 nitrogen and oxygen atoms in total. The van der Waals surface area contributed by atoms with Crippen LogP contribution in [-0.2, 0) is 0 Å². The standard InChI is InChI=1S/C13H11ClN4/c1-8-2-3-10(14)11(6-8)18-13-12(16)9(7-15)4-5-17-13/h2-6H,16H2,1H3,(H,17,18). The Kier molecular flexibility index (Phi) is 3.35. The topological polar surface area (TPSA) is 74.7 Å². The van der Waals surface area contributed by atoms with Gasteiger partial charge in [-0.05, 0) is 30.7 Å². The fourth-order valence-corrected chi connectivity index (χ4v) is 1.70. The summed E-state index contributed by atoms with van der Waals surface area (Å²) in [5, 5.41) is 12.5. The lowest BCUT2D eigenvalue weighted by molar-refractivity contribution is 1.29. The third kappa shape index (κ3) is 2.36. The summed E-state index contributed by atoms with van der Waals surface area (Å²) in [6.45, 7) is 1.96. The maximum absolute atomic E-state index is 8.90. The molecule has 1 aromatic heterocycles. The molecular weight excluding hydrogens is 248 g/mol. The molecule has 0 bridgehead atoms. The molecule has 2 rings (SSSR count). The highest BCUT2D eigenvalue weighted by molar-refractivity contribution is 6.33. The van der Waals surface area contributed by atoms with Gasteiger partial charge in [0.2, 0.25) is 0 Å². The predicted molar refractivity (Wildman–Crippen MR) is 72.8 cm³/mol. The van der Waals surface area contributed by atoms with Crippen LogP contribution in [0.3, 0.4) is 0 Å². The van der Waals surface area contributed by atoms with Crippen molar-refractivity contribution in [2.24, 2.45) is 0 Å². The number of pyridine rings is 1. The maximum atomic E-state index is 8.90. The van der Waals surface area contributed by atoms with Crippen LogP contribution in [0.15, 0.2) is 30.5 Å². The van der Waals surface area contributed by atoms with Gasteiger partial charge in [0.25, 0.3) is 0 Å². The smallest absolute Gasteiger partial charge is 0.154 e. The number of hydrogen-bond donors (Lipinski definition) is 2. The first-order valence-corrected chi connectivity index (χ1v) is 5.67. The fraction of sp³-hybridized carbons (Fsp3) is 0.0769. The van der Waals surface area contributed by atoms with E-state index in [1.807, 2.05) is 25.1 Å². The second-order valence-electron chi connectivity index (χ2n) is 3.84. The molecule has 0 saturated heterocycles. The highest BCUT2D eigenvalue weighted by atomic mass is 35.5. The maximum Gasteiger partial charge on any atom is 0.154 e. The monoisotopic (exact) mass is 258 g/mol. The Morgan fingerprint density at radius 1 is 1.39 bits per heavy atom. The van der Waals surface area contributed by atoms with Crippen LogP contribution in [0.5, 0.6) is 0 Å². The number of hydrogen-bond acceptors (Lipinski definition) is 4. The summed E-state index contributed by atoms with van der Waals surface area (Å²) in [5.74, 6) is 0.432. The molecule has 0 amide bonds. The summed E-state index contributed by atoms with van der Waals surface area (Å²) >= 11 is 6.08. The zero-order valence-electron chi connectivity index (χ0n) is 9.74. The van der Waals surface area contributed by atoms with Gasteiger partial charge >= 0.3 is 0 Å². The minimum atomic E-state index is 0.317. The molecule has 2 aromatic rings. The van der Waals surface area contributed by atoms with Crippen LogP contribution >= 0.6 is 11.6 Å². The van der Waals surface area contributed by atoms with Gasteiger partial charge in [0.05, 0.1) is 22.0 Å². The molecule has 0 aliphatic carbocycles. The number of nitriles is 1. The van der Waals surface area contributed by atoms with E-state index >= 15 is 0 Å². The van der Waals surface area contributed by atoms with Gasteiger partial charge in [-0.15, -0.1) is 0 Å². The number of halogens is 1. The number of nitrogens with two attached hydrogens (primary N) is 1. The molecule has 0 atom stereocenters. The Bertz CT molecular complexity index is 631. The van der Waals surface area contributed by atoms with Crippen molar-refractivity contribution < 1.29 is 0 Å². The molecule has 18 heavy (non-hydrogen) atoms. The SMILES string of the molecule is Cc1ccc(Cl)c(Nc2nccc(C#N)c2N)c1.